The average molecular weight is 272 g/mol. The summed E-state index contributed by atoms with van der Waals surface area (Å²) in [6, 6.07) is 1.29. The van der Waals surface area contributed by atoms with Gasteiger partial charge in [-0.3, -0.25) is 14.3 Å². The number of aromatic amines is 1. The van der Waals surface area contributed by atoms with Crippen molar-refractivity contribution in [2.45, 2.75) is 36.2 Å². The fourth-order valence-corrected chi connectivity index (χ4v) is 3.75. The highest BCUT2D eigenvalue weighted by atomic mass is 32.2. The zero-order chi connectivity index (χ0) is 13.3. The summed E-state index contributed by atoms with van der Waals surface area (Å²) < 4.78 is 6.69. The van der Waals surface area contributed by atoms with Crippen LogP contribution in [-0.4, -0.2) is 39.2 Å². The van der Waals surface area contributed by atoms with Crippen LogP contribution in [0.5, 0.6) is 0 Å². The third kappa shape index (κ3) is 2.25. The van der Waals surface area contributed by atoms with E-state index in [2.05, 4.69) is 4.98 Å². The highest BCUT2D eigenvalue weighted by Crippen LogP contribution is 2.43. The number of hydrogen-bond acceptors (Lipinski definition) is 5. The first-order valence-electron chi connectivity index (χ1n) is 5.76. The number of hydrogen-bond donors (Lipinski definition) is 2. The number of nitrogens with one attached hydrogen (secondary N) is 1. The van der Waals surface area contributed by atoms with Crippen molar-refractivity contribution in [3.63, 3.8) is 0 Å². The van der Waals surface area contributed by atoms with Crippen molar-refractivity contribution in [2.24, 2.45) is 0 Å². The summed E-state index contributed by atoms with van der Waals surface area (Å²) in [6.07, 6.45) is 1.16. The number of H-pyrrole nitrogens is 1. The van der Waals surface area contributed by atoms with Gasteiger partial charge in [-0.05, 0) is 6.42 Å². The number of nitrogens with zero attached hydrogens (tertiary/aromatic N) is 1. The first kappa shape index (κ1) is 13.4. The Morgan fingerprint density at radius 1 is 1.56 bits per heavy atom. The maximum Gasteiger partial charge on any atom is 0.329 e. The molecule has 0 unspecified atom stereocenters. The number of aliphatic hydroxyl groups excluding tert-OH is 1. The smallest absolute Gasteiger partial charge is 0.329 e. The molecule has 0 amide bonds. The van der Waals surface area contributed by atoms with E-state index in [1.54, 1.807) is 0 Å². The molecule has 1 aliphatic rings. The largest absolute Gasteiger partial charge is 0.389 e. The molecule has 1 saturated heterocycles. The van der Waals surface area contributed by atoms with E-state index < -0.39 is 23.5 Å². The van der Waals surface area contributed by atoms with Crippen molar-refractivity contribution in [3.8, 4) is 0 Å². The first-order chi connectivity index (χ1) is 8.58. The van der Waals surface area contributed by atoms with Gasteiger partial charge in [0.1, 0.15) is 11.5 Å². The minimum absolute atomic E-state index is 0.0266. The predicted octanol–water partition coefficient (Wildman–Crippen LogP) is -0.0635. The number of aliphatic hydroxyl groups is 1. The van der Waals surface area contributed by atoms with Crippen molar-refractivity contribution in [1.82, 2.24) is 9.55 Å². The van der Waals surface area contributed by atoms with Crippen molar-refractivity contribution >= 4 is 11.8 Å². The van der Waals surface area contributed by atoms with Gasteiger partial charge >= 0.3 is 5.69 Å². The maximum absolute atomic E-state index is 11.7. The molecule has 1 fully saturated rings. The second-order valence-corrected chi connectivity index (χ2v) is 5.54. The summed E-state index contributed by atoms with van der Waals surface area (Å²) in [4.78, 5) is 25.0. The van der Waals surface area contributed by atoms with Gasteiger partial charge in [-0.1, -0.05) is 6.92 Å². The predicted molar refractivity (Wildman–Crippen MR) is 68.8 cm³/mol. The van der Waals surface area contributed by atoms with E-state index in [1.807, 2.05) is 6.92 Å². The monoisotopic (exact) mass is 272 g/mol. The summed E-state index contributed by atoms with van der Waals surface area (Å²) in [5.74, 6) is 0. The molecule has 7 heteroatoms. The lowest BCUT2D eigenvalue weighted by molar-refractivity contribution is -0.0143. The number of ether oxygens (including phenoxy) is 1. The van der Waals surface area contributed by atoms with Crippen LogP contribution >= 0.6 is 11.8 Å². The van der Waals surface area contributed by atoms with Crippen LogP contribution in [0.2, 0.25) is 0 Å². The molecule has 1 aromatic heterocycles. The van der Waals surface area contributed by atoms with E-state index in [9.17, 15) is 14.7 Å². The van der Waals surface area contributed by atoms with Crippen LogP contribution in [-0.2, 0) is 4.74 Å². The van der Waals surface area contributed by atoms with Crippen LogP contribution in [0.1, 0.15) is 18.7 Å². The molecule has 0 aliphatic carbocycles. The molecule has 2 heterocycles. The van der Waals surface area contributed by atoms with Gasteiger partial charge in [0.15, 0.2) is 0 Å². The fraction of sp³-hybridized carbons (Fsp3) is 0.636. The van der Waals surface area contributed by atoms with Gasteiger partial charge < -0.3 is 9.84 Å². The van der Waals surface area contributed by atoms with E-state index in [-0.39, 0.29) is 10.6 Å². The molecule has 6 nitrogen and oxygen atoms in total. The average Bonchev–Trinajstić information content (AvgIpc) is 2.65. The first-order valence-corrected chi connectivity index (χ1v) is 6.70. The molecule has 0 spiro atoms. The van der Waals surface area contributed by atoms with Gasteiger partial charge in [-0.25, -0.2) is 4.79 Å². The molecule has 4 atom stereocenters. The Morgan fingerprint density at radius 2 is 2.28 bits per heavy atom. The Hall–Kier alpha value is -1.05. The Bertz CT molecular complexity index is 526. The quantitative estimate of drug-likeness (QED) is 0.805. The normalized spacial score (nSPS) is 31.7. The Morgan fingerprint density at radius 3 is 2.83 bits per heavy atom. The lowest BCUT2D eigenvalue weighted by Crippen LogP contribution is -2.38. The molecule has 0 aromatic carbocycles. The number of methoxy groups -OCH3 is 1. The van der Waals surface area contributed by atoms with E-state index >= 15 is 0 Å². The summed E-state index contributed by atoms with van der Waals surface area (Å²) in [7, 11) is 1.51. The molecule has 100 valence electrons. The molecule has 2 N–H and O–H groups in total. The minimum atomic E-state index is -0.617. The summed E-state index contributed by atoms with van der Waals surface area (Å²) in [5, 5.41) is 9.80. The van der Waals surface area contributed by atoms with Crippen molar-refractivity contribution in [1.29, 1.82) is 0 Å². The third-order valence-corrected chi connectivity index (χ3v) is 4.85. The van der Waals surface area contributed by atoms with Crippen molar-refractivity contribution < 1.29 is 9.84 Å². The van der Waals surface area contributed by atoms with Gasteiger partial charge in [0.2, 0.25) is 0 Å². The van der Waals surface area contributed by atoms with Crippen molar-refractivity contribution in [2.75, 3.05) is 7.11 Å². The molecular weight excluding hydrogens is 256 g/mol. The zero-order valence-electron chi connectivity index (χ0n) is 10.2. The van der Waals surface area contributed by atoms with Crippen molar-refractivity contribution in [3.05, 3.63) is 33.1 Å². The number of thioether (sulfide) groups is 1. The molecule has 0 saturated carbocycles. The van der Waals surface area contributed by atoms with Crippen LogP contribution in [0.3, 0.4) is 0 Å². The SMILES string of the molecule is CC[C@H]1S[C@@H](n2ccc(=O)[nH]c2=O)[C@H](OC)[C@@H]1O. The molecule has 0 bridgehead atoms. The lowest BCUT2D eigenvalue weighted by Gasteiger charge is -2.21. The van der Waals surface area contributed by atoms with Gasteiger partial charge in [-0.2, -0.15) is 0 Å². The van der Waals surface area contributed by atoms with Gasteiger partial charge in [0, 0.05) is 24.6 Å². The Balaban J connectivity index is 2.38. The molecular formula is C11H16N2O4S. The minimum Gasteiger partial charge on any atom is -0.389 e. The number of aromatic nitrogens is 2. The van der Waals surface area contributed by atoms with Crippen LogP contribution in [0, 0.1) is 0 Å². The number of rotatable bonds is 3. The van der Waals surface area contributed by atoms with Crippen LogP contribution < -0.4 is 11.2 Å². The second kappa shape index (κ2) is 5.29. The third-order valence-electron chi connectivity index (χ3n) is 3.11. The summed E-state index contributed by atoms with van der Waals surface area (Å²) in [6.45, 7) is 1.98. The van der Waals surface area contributed by atoms with Crippen LogP contribution in [0.4, 0.5) is 0 Å². The van der Waals surface area contributed by atoms with E-state index in [0.29, 0.717) is 0 Å². The highest BCUT2D eigenvalue weighted by molar-refractivity contribution is 8.00. The van der Waals surface area contributed by atoms with E-state index in [1.165, 1.54) is 35.7 Å². The van der Waals surface area contributed by atoms with Crippen LogP contribution in [0.25, 0.3) is 0 Å². The van der Waals surface area contributed by atoms with Gasteiger partial charge in [0.05, 0.1) is 6.10 Å². The molecule has 2 rings (SSSR count). The molecule has 1 aromatic rings. The zero-order valence-corrected chi connectivity index (χ0v) is 11.0. The van der Waals surface area contributed by atoms with Gasteiger partial charge in [0.25, 0.3) is 5.56 Å². The lowest BCUT2D eigenvalue weighted by atomic mass is 10.1. The van der Waals surface area contributed by atoms with E-state index in [4.69, 9.17) is 4.74 Å². The molecule has 18 heavy (non-hydrogen) atoms. The Kier molecular flexibility index (Phi) is 3.94. The standard InChI is InChI=1S/C11H16N2O4S/c1-3-6-8(15)9(17-2)10(18-6)13-5-4-7(14)12-11(13)16/h4-6,8-10,15H,3H2,1-2H3,(H,12,14,16)/t6-,8-,9-,10-/m1/s1. The summed E-state index contributed by atoms with van der Waals surface area (Å²) >= 11 is 1.49. The second-order valence-electron chi connectivity index (χ2n) is 4.18. The molecule has 0 radical (unpaired) electrons. The Labute approximate surface area is 108 Å². The molecule has 1 aliphatic heterocycles. The summed E-state index contributed by atoms with van der Waals surface area (Å²) in [5.41, 5.74) is -0.910. The maximum atomic E-state index is 11.7. The highest BCUT2D eigenvalue weighted by Gasteiger charge is 2.43. The van der Waals surface area contributed by atoms with E-state index in [0.717, 1.165) is 6.42 Å². The van der Waals surface area contributed by atoms with Gasteiger partial charge in [-0.15, -0.1) is 11.8 Å². The van der Waals surface area contributed by atoms with Crippen LogP contribution in [0.15, 0.2) is 21.9 Å². The fourth-order valence-electron chi connectivity index (χ4n) is 2.16. The topological polar surface area (TPSA) is 84.3 Å².